The van der Waals surface area contributed by atoms with E-state index in [4.69, 9.17) is 0 Å². The number of allylic oxidation sites excluding steroid dienone is 2. The van der Waals surface area contributed by atoms with Crippen LogP contribution < -0.4 is 0 Å². The second kappa shape index (κ2) is 11.2. The van der Waals surface area contributed by atoms with Crippen LogP contribution in [0.3, 0.4) is 0 Å². The van der Waals surface area contributed by atoms with Crippen LogP contribution in [0.1, 0.15) is 114 Å². The van der Waals surface area contributed by atoms with Gasteiger partial charge in [-0.1, -0.05) is 50.5 Å². The van der Waals surface area contributed by atoms with E-state index in [9.17, 15) is 4.39 Å². The lowest BCUT2D eigenvalue weighted by atomic mass is 9.60. The summed E-state index contributed by atoms with van der Waals surface area (Å²) in [6, 6.07) is 6.13. The Labute approximate surface area is 191 Å². The molecular formula is C30H45F. The fourth-order valence-electron chi connectivity index (χ4n) is 7.47. The molecule has 3 fully saturated rings. The van der Waals surface area contributed by atoms with Crippen molar-refractivity contribution in [3.8, 4) is 0 Å². The minimum Gasteiger partial charge on any atom is -0.207 e. The lowest BCUT2D eigenvalue weighted by Crippen LogP contribution is -2.34. The number of benzene rings is 1. The summed E-state index contributed by atoms with van der Waals surface area (Å²) >= 11 is 0. The van der Waals surface area contributed by atoms with E-state index in [0.717, 1.165) is 48.0 Å². The molecule has 0 heterocycles. The van der Waals surface area contributed by atoms with Crippen molar-refractivity contribution in [3.05, 3.63) is 47.3 Å². The molecule has 4 atom stereocenters. The Balaban J connectivity index is 1.26. The van der Waals surface area contributed by atoms with E-state index < -0.39 is 0 Å². The van der Waals surface area contributed by atoms with Crippen LogP contribution in [0.5, 0.6) is 0 Å². The highest BCUT2D eigenvalue weighted by Crippen LogP contribution is 2.50. The Hall–Kier alpha value is -1.11. The Morgan fingerprint density at radius 3 is 2.26 bits per heavy atom. The van der Waals surface area contributed by atoms with Gasteiger partial charge in [0, 0.05) is 0 Å². The summed E-state index contributed by atoms with van der Waals surface area (Å²) in [7, 11) is 0. The number of hydrogen-bond acceptors (Lipinski definition) is 0. The van der Waals surface area contributed by atoms with Crippen molar-refractivity contribution in [3.63, 3.8) is 0 Å². The van der Waals surface area contributed by atoms with Crippen LogP contribution >= 0.6 is 0 Å². The minimum atomic E-state index is 0.0149. The number of fused-ring (bicyclic) bond motifs is 1. The number of hydrogen-bond donors (Lipinski definition) is 0. The van der Waals surface area contributed by atoms with E-state index in [2.05, 4.69) is 31.2 Å². The van der Waals surface area contributed by atoms with Gasteiger partial charge in [0.25, 0.3) is 0 Å². The topological polar surface area (TPSA) is 0 Å². The largest absolute Gasteiger partial charge is 0.207 e. The summed E-state index contributed by atoms with van der Waals surface area (Å²) in [5.41, 5.74) is 2.13. The second-order valence-corrected chi connectivity index (χ2v) is 11.1. The second-order valence-electron chi connectivity index (χ2n) is 11.1. The van der Waals surface area contributed by atoms with Gasteiger partial charge in [-0.25, -0.2) is 4.39 Å². The maximum atomic E-state index is 14.6. The van der Waals surface area contributed by atoms with Crippen LogP contribution in [0.25, 0.3) is 0 Å². The van der Waals surface area contributed by atoms with Gasteiger partial charge in [0.05, 0.1) is 0 Å². The summed E-state index contributed by atoms with van der Waals surface area (Å²) < 4.78 is 14.6. The monoisotopic (exact) mass is 424 g/mol. The first-order valence-corrected chi connectivity index (χ1v) is 13.6. The number of rotatable bonds is 7. The quantitative estimate of drug-likeness (QED) is 0.383. The standard InChI is InChI=1S/C30H45F/c1-3-5-6-8-25-15-16-29(21-30(25)31)24-13-11-23(12-14-24)27-18-17-26-19-22(7-4-2)9-10-28(26)20-27/h3,5,15-16,21-24,26-28H,4,6-14,17-20H2,1-2H3/b5-3+. The molecule has 1 heteroatoms. The molecule has 0 spiro atoms. The van der Waals surface area contributed by atoms with Crippen molar-refractivity contribution in [2.45, 2.75) is 110 Å². The summed E-state index contributed by atoms with van der Waals surface area (Å²) in [5, 5.41) is 0. The lowest BCUT2D eigenvalue weighted by molar-refractivity contribution is 0.0618. The van der Waals surface area contributed by atoms with Crippen molar-refractivity contribution >= 4 is 0 Å². The Morgan fingerprint density at radius 2 is 1.55 bits per heavy atom. The molecule has 0 aromatic heterocycles. The molecule has 1 aromatic carbocycles. The number of halogens is 1. The van der Waals surface area contributed by atoms with Crippen molar-refractivity contribution in [1.29, 1.82) is 0 Å². The molecule has 0 saturated heterocycles. The summed E-state index contributed by atoms with van der Waals surface area (Å²) in [6.45, 7) is 4.38. The van der Waals surface area contributed by atoms with Crippen LogP contribution in [0.2, 0.25) is 0 Å². The van der Waals surface area contributed by atoms with Gasteiger partial charge in [-0.15, -0.1) is 0 Å². The average molecular weight is 425 g/mol. The highest BCUT2D eigenvalue weighted by atomic mass is 19.1. The zero-order valence-corrected chi connectivity index (χ0v) is 20.1. The highest BCUT2D eigenvalue weighted by Gasteiger charge is 2.38. The molecule has 0 aliphatic heterocycles. The third kappa shape index (κ3) is 5.82. The van der Waals surface area contributed by atoms with Crippen LogP contribution in [-0.4, -0.2) is 0 Å². The normalized spacial score (nSPS) is 34.0. The maximum Gasteiger partial charge on any atom is 0.126 e. The first kappa shape index (κ1) is 23.1. The smallest absolute Gasteiger partial charge is 0.126 e. The molecule has 0 bridgehead atoms. The Morgan fingerprint density at radius 1 is 0.871 bits per heavy atom. The molecule has 4 rings (SSSR count). The van der Waals surface area contributed by atoms with Crippen molar-refractivity contribution in [2.24, 2.45) is 29.6 Å². The molecule has 3 aliphatic carbocycles. The molecule has 3 saturated carbocycles. The Bertz CT molecular complexity index is 711. The summed E-state index contributed by atoms with van der Waals surface area (Å²) in [6.07, 6.45) is 23.1. The van der Waals surface area contributed by atoms with Crippen LogP contribution in [-0.2, 0) is 6.42 Å². The first-order chi connectivity index (χ1) is 15.2. The fraction of sp³-hybridized carbons (Fsp3) is 0.733. The summed E-state index contributed by atoms with van der Waals surface area (Å²) in [4.78, 5) is 0. The fourth-order valence-corrected chi connectivity index (χ4v) is 7.47. The predicted molar refractivity (Wildman–Crippen MR) is 131 cm³/mol. The first-order valence-electron chi connectivity index (χ1n) is 13.6. The molecule has 0 radical (unpaired) electrons. The molecule has 0 nitrogen and oxygen atoms in total. The molecule has 0 N–H and O–H groups in total. The van der Waals surface area contributed by atoms with Crippen LogP contribution in [0.15, 0.2) is 30.4 Å². The van der Waals surface area contributed by atoms with Crippen LogP contribution in [0.4, 0.5) is 4.39 Å². The lowest BCUT2D eigenvalue weighted by Gasteiger charge is -2.45. The Kier molecular flexibility index (Phi) is 8.30. The molecule has 4 unspecified atom stereocenters. The molecule has 1 aromatic rings. The third-order valence-electron chi connectivity index (χ3n) is 9.26. The predicted octanol–water partition coefficient (Wildman–Crippen LogP) is 9.24. The van der Waals surface area contributed by atoms with E-state index in [1.807, 2.05) is 13.0 Å². The van der Waals surface area contributed by atoms with Gasteiger partial charge in [0.1, 0.15) is 5.82 Å². The van der Waals surface area contributed by atoms with E-state index in [0.29, 0.717) is 5.92 Å². The number of aryl methyl sites for hydroxylation is 1. The van der Waals surface area contributed by atoms with E-state index >= 15 is 0 Å². The van der Waals surface area contributed by atoms with Crippen molar-refractivity contribution in [1.82, 2.24) is 0 Å². The molecule has 3 aliphatic rings. The van der Waals surface area contributed by atoms with Gasteiger partial charge in [-0.2, -0.15) is 0 Å². The van der Waals surface area contributed by atoms with E-state index in [-0.39, 0.29) is 5.82 Å². The van der Waals surface area contributed by atoms with Gasteiger partial charge >= 0.3 is 0 Å². The van der Waals surface area contributed by atoms with E-state index in [1.165, 1.54) is 82.6 Å². The minimum absolute atomic E-state index is 0.0149. The zero-order valence-electron chi connectivity index (χ0n) is 20.1. The summed E-state index contributed by atoms with van der Waals surface area (Å²) in [5.74, 6) is 5.64. The molecule has 0 amide bonds. The van der Waals surface area contributed by atoms with E-state index in [1.54, 1.807) is 0 Å². The third-order valence-corrected chi connectivity index (χ3v) is 9.26. The van der Waals surface area contributed by atoms with Gasteiger partial charge in [-0.05, 0) is 130 Å². The van der Waals surface area contributed by atoms with Crippen LogP contribution in [0, 0.1) is 35.4 Å². The molecule has 172 valence electrons. The highest BCUT2D eigenvalue weighted by molar-refractivity contribution is 5.28. The van der Waals surface area contributed by atoms with Gasteiger partial charge in [-0.3, -0.25) is 0 Å². The zero-order chi connectivity index (χ0) is 21.6. The maximum absolute atomic E-state index is 14.6. The SMILES string of the molecule is C/C=C/CCc1ccc(C2CCC(C3CCC4CC(CCC)CCC4C3)CC2)cc1F. The molecule has 31 heavy (non-hydrogen) atoms. The molecular weight excluding hydrogens is 379 g/mol. The van der Waals surface area contributed by atoms with Crippen molar-refractivity contribution in [2.75, 3.05) is 0 Å². The van der Waals surface area contributed by atoms with Gasteiger partial charge in [0.2, 0.25) is 0 Å². The van der Waals surface area contributed by atoms with Gasteiger partial charge < -0.3 is 0 Å². The van der Waals surface area contributed by atoms with Gasteiger partial charge in [0.15, 0.2) is 0 Å². The average Bonchev–Trinajstić information content (AvgIpc) is 2.80. The van der Waals surface area contributed by atoms with Crippen molar-refractivity contribution < 1.29 is 4.39 Å².